The minimum absolute atomic E-state index is 0.0610. The molecule has 0 spiro atoms. The third kappa shape index (κ3) is 12.3. The SMILES string of the molecule is CCCCC1(CCCC)c2cc(C#Cc3ccc(N(C)C)cc3)ccc2-c2ccc(C#Cc3ccc(N(CC)CCOc4ccc(O[P+](=S)N(C)N=Cc5ccc(OC)cc5)cc4)cc3)cc21. The summed E-state index contributed by atoms with van der Waals surface area (Å²) < 4.78 is 19.0. The molecule has 6 aromatic rings. The molecule has 1 atom stereocenters. The van der Waals surface area contributed by atoms with Crippen molar-refractivity contribution in [1.29, 1.82) is 0 Å². The fourth-order valence-electron chi connectivity index (χ4n) is 8.53. The Balaban J connectivity index is 0.978. The van der Waals surface area contributed by atoms with Crippen LogP contribution in [0.4, 0.5) is 11.4 Å². The average molecular weight is 926 g/mol. The van der Waals surface area contributed by atoms with Gasteiger partial charge in [0.1, 0.15) is 18.1 Å². The van der Waals surface area contributed by atoms with Gasteiger partial charge in [-0.3, -0.25) is 4.52 Å². The van der Waals surface area contributed by atoms with Crippen LogP contribution in [0.15, 0.2) is 139 Å². The van der Waals surface area contributed by atoms with Gasteiger partial charge in [-0.25, -0.2) is 0 Å². The van der Waals surface area contributed by atoms with Crippen LogP contribution < -0.4 is 23.8 Å². The van der Waals surface area contributed by atoms with Crippen molar-refractivity contribution in [3.8, 4) is 52.1 Å². The lowest BCUT2D eigenvalue weighted by Crippen LogP contribution is -2.28. The van der Waals surface area contributed by atoms with E-state index in [0.717, 1.165) is 83.8 Å². The van der Waals surface area contributed by atoms with E-state index in [-0.39, 0.29) is 5.41 Å². The molecule has 0 aromatic heterocycles. The van der Waals surface area contributed by atoms with Gasteiger partial charge in [-0.15, -0.1) is 5.10 Å². The van der Waals surface area contributed by atoms with Crippen molar-refractivity contribution in [3.63, 3.8) is 0 Å². The van der Waals surface area contributed by atoms with Gasteiger partial charge < -0.3 is 19.3 Å². The largest absolute Gasteiger partial charge is 0.540 e. The highest BCUT2D eigenvalue weighted by molar-refractivity contribution is 8.02. The van der Waals surface area contributed by atoms with E-state index in [0.29, 0.717) is 12.4 Å². The highest BCUT2D eigenvalue weighted by Crippen LogP contribution is 2.54. The Morgan fingerprint density at radius 2 is 1.10 bits per heavy atom. The molecular weight excluding hydrogens is 864 g/mol. The van der Waals surface area contributed by atoms with Crippen LogP contribution in [-0.4, -0.2) is 58.9 Å². The van der Waals surface area contributed by atoms with Crippen molar-refractivity contribution in [2.45, 2.75) is 64.7 Å². The Morgan fingerprint density at radius 3 is 1.61 bits per heavy atom. The van der Waals surface area contributed by atoms with Crippen LogP contribution in [0.25, 0.3) is 11.1 Å². The minimum Gasteiger partial charge on any atom is -0.497 e. The van der Waals surface area contributed by atoms with E-state index in [2.05, 4.69) is 158 Å². The molecule has 67 heavy (non-hydrogen) atoms. The van der Waals surface area contributed by atoms with E-state index in [4.69, 9.17) is 25.8 Å². The molecule has 7 nitrogen and oxygen atoms in total. The number of hydrogen-bond acceptors (Lipinski definition) is 7. The number of fused-ring (bicyclic) bond motifs is 3. The van der Waals surface area contributed by atoms with E-state index in [1.54, 1.807) is 18.1 Å². The molecule has 0 radical (unpaired) electrons. The molecule has 0 fully saturated rings. The Labute approximate surface area is 405 Å². The normalized spacial score (nSPS) is 12.2. The summed E-state index contributed by atoms with van der Waals surface area (Å²) in [6, 6.07) is 46.0. The van der Waals surface area contributed by atoms with Crippen LogP contribution in [0.3, 0.4) is 0 Å². The number of likely N-dealkylation sites (N-methyl/N-ethyl adjacent to an activating group) is 1. The summed E-state index contributed by atoms with van der Waals surface area (Å²) in [5.74, 6) is 16.2. The number of rotatable bonds is 19. The Kier molecular flexibility index (Phi) is 16.8. The van der Waals surface area contributed by atoms with Gasteiger partial charge in [0.05, 0.1) is 26.9 Å². The first-order chi connectivity index (χ1) is 32.6. The van der Waals surface area contributed by atoms with Crippen molar-refractivity contribution in [3.05, 3.63) is 172 Å². The van der Waals surface area contributed by atoms with Crippen molar-refractivity contribution >= 4 is 36.5 Å². The molecule has 6 aromatic carbocycles. The van der Waals surface area contributed by atoms with E-state index in [1.807, 2.05) is 55.6 Å². The number of ether oxygens (including phenoxy) is 2. The van der Waals surface area contributed by atoms with E-state index >= 15 is 0 Å². The van der Waals surface area contributed by atoms with Gasteiger partial charge in [-0.2, -0.15) is 0 Å². The molecule has 1 aliphatic carbocycles. The van der Waals surface area contributed by atoms with Gasteiger partial charge in [0.15, 0.2) is 5.75 Å². The molecule has 0 saturated carbocycles. The van der Waals surface area contributed by atoms with Crippen LogP contribution in [0.1, 0.15) is 98.2 Å². The summed E-state index contributed by atoms with van der Waals surface area (Å²) in [6.45, 7) is 8.89. The van der Waals surface area contributed by atoms with E-state index in [9.17, 15) is 0 Å². The second kappa shape index (κ2) is 23.2. The topological polar surface area (TPSA) is 49.8 Å². The maximum Gasteiger partial charge on any atom is 0.540 e. The summed E-state index contributed by atoms with van der Waals surface area (Å²) in [7, 11) is 6.19. The highest BCUT2D eigenvalue weighted by Gasteiger charge is 2.42. The quantitative estimate of drug-likeness (QED) is 0.0347. The van der Waals surface area contributed by atoms with Gasteiger partial charge >= 0.3 is 7.07 Å². The molecule has 0 bridgehead atoms. The maximum atomic E-state index is 6.14. The summed E-state index contributed by atoms with van der Waals surface area (Å²) in [6.07, 6.45) is 8.63. The smallest absolute Gasteiger partial charge is 0.497 e. The van der Waals surface area contributed by atoms with Crippen molar-refractivity contribution in [1.82, 2.24) is 4.78 Å². The second-order valence-corrected chi connectivity index (χ2v) is 19.2. The lowest BCUT2D eigenvalue weighted by Gasteiger charge is -2.33. The van der Waals surface area contributed by atoms with Gasteiger partial charge in [-0.1, -0.05) is 80.1 Å². The molecule has 9 heteroatoms. The van der Waals surface area contributed by atoms with Crippen molar-refractivity contribution in [2.75, 3.05) is 57.7 Å². The lowest BCUT2D eigenvalue weighted by molar-refractivity contribution is 0.324. The first kappa shape index (κ1) is 48.4. The van der Waals surface area contributed by atoms with Gasteiger partial charge in [0.2, 0.25) is 11.8 Å². The van der Waals surface area contributed by atoms with Gasteiger partial charge in [0, 0.05) is 59.7 Å². The fraction of sp³-hybridized carbons (Fsp3) is 0.293. The number of hydrazone groups is 1. The zero-order valence-electron chi connectivity index (χ0n) is 40.0. The van der Waals surface area contributed by atoms with Crippen LogP contribution in [0.5, 0.6) is 17.2 Å². The third-order valence-corrected chi connectivity index (χ3v) is 14.2. The van der Waals surface area contributed by atoms with Crippen molar-refractivity contribution in [2.24, 2.45) is 5.10 Å². The molecule has 0 amide bonds. The number of benzene rings is 6. The molecule has 0 saturated heterocycles. The second-order valence-electron chi connectivity index (χ2n) is 17.0. The zero-order chi connectivity index (χ0) is 47.2. The number of nitrogens with zero attached hydrogens (tertiary/aromatic N) is 4. The monoisotopic (exact) mass is 925 g/mol. The molecule has 1 unspecified atom stereocenters. The van der Waals surface area contributed by atoms with Crippen LogP contribution >= 0.6 is 7.07 Å². The Bertz CT molecular complexity index is 2760. The molecule has 342 valence electrons. The summed E-state index contributed by atoms with van der Waals surface area (Å²) >= 11 is 5.60. The minimum atomic E-state index is -1.39. The number of unbranched alkanes of at least 4 members (excludes halogenated alkanes) is 2. The average Bonchev–Trinajstić information content (AvgIpc) is 3.62. The first-order valence-corrected chi connectivity index (χ1v) is 25.6. The number of hydrogen-bond donors (Lipinski definition) is 0. The van der Waals surface area contributed by atoms with Crippen molar-refractivity contribution < 1.29 is 14.0 Å². The Hall–Kier alpha value is -6.57. The summed E-state index contributed by atoms with van der Waals surface area (Å²) in [5, 5.41) is 4.46. The number of methoxy groups -OCH3 is 1. The molecule has 0 N–H and O–H groups in total. The summed E-state index contributed by atoms with van der Waals surface area (Å²) in [4.78, 5) is 4.42. The molecule has 1 aliphatic rings. The maximum absolute atomic E-state index is 6.14. The standard InChI is InChI=1S/C58H62N4O3PS/c1-8-11-37-58(38-12-9-2)56-41-46(15-13-44-17-25-49(26-18-44)60(4)5)23-35-54(56)55-36-24-47(42-57(55)58)16-14-45-19-27-50(28-20-45)62(10-3)39-40-64-52-31-33-53(34-32-52)65-66(67)61(6)59-43-48-21-29-51(63-7)30-22-48/h17-36,41-43H,8-12,37-40H2,1-7H3/q+1. The Morgan fingerprint density at radius 1 is 0.612 bits per heavy atom. The molecular formula is C58H62N4O3PS+. The molecule has 0 aliphatic heterocycles. The number of anilines is 2. The fourth-order valence-corrected chi connectivity index (χ4v) is 9.47. The predicted molar refractivity (Wildman–Crippen MR) is 284 cm³/mol. The van der Waals surface area contributed by atoms with Gasteiger partial charge in [-0.05, 0) is 169 Å². The molecule has 0 heterocycles. The van der Waals surface area contributed by atoms with Crippen LogP contribution in [0.2, 0.25) is 0 Å². The lowest BCUT2D eigenvalue weighted by atomic mass is 9.70. The van der Waals surface area contributed by atoms with Crippen LogP contribution in [-0.2, 0) is 17.2 Å². The molecule has 7 rings (SSSR count). The predicted octanol–water partition coefficient (Wildman–Crippen LogP) is 13.2. The zero-order valence-corrected chi connectivity index (χ0v) is 41.7. The third-order valence-electron chi connectivity index (χ3n) is 12.3. The first-order valence-electron chi connectivity index (χ1n) is 23.4. The summed E-state index contributed by atoms with van der Waals surface area (Å²) in [5.41, 5.74) is 12.8. The van der Waals surface area contributed by atoms with E-state index in [1.165, 1.54) is 40.8 Å². The van der Waals surface area contributed by atoms with Crippen LogP contribution in [0, 0.1) is 23.7 Å². The van der Waals surface area contributed by atoms with Gasteiger partial charge in [0.25, 0.3) is 0 Å². The highest BCUT2D eigenvalue weighted by atomic mass is 32.4. The van der Waals surface area contributed by atoms with E-state index < -0.39 is 7.07 Å².